The maximum absolute atomic E-state index is 12.8. The Bertz CT molecular complexity index is 856. The second-order valence-electron chi connectivity index (χ2n) is 5.26. The van der Waals surface area contributed by atoms with E-state index in [0.29, 0.717) is 22.5 Å². The molecule has 0 saturated heterocycles. The van der Waals surface area contributed by atoms with Gasteiger partial charge in [0.05, 0.1) is 11.8 Å². The highest BCUT2D eigenvalue weighted by Crippen LogP contribution is 2.25. The van der Waals surface area contributed by atoms with Crippen molar-refractivity contribution in [2.75, 3.05) is 5.32 Å². The van der Waals surface area contributed by atoms with E-state index < -0.39 is 0 Å². The Kier molecular flexibility index (Phi) is 4.11. The summed E-state index contributed by atoms with van der Waals surface area (Å²) in [5, 5.41) is 12.7. The van der Waals surface area contributed by atoms with Gasteiger partial charge in [0, 0.05) is 16.8 Å². The number of hydrogen-bond acceptors (Lipinski definition) is 3. The number of benzene rings is 3. The van der Waals surface area contributed by atoms with E-state index in [1.807, 2.05) is 49.4 Å². The monoisotopic (exact) mass is 302 g/mol. The number of nitrogens with one attached hydrogen (secondary N) is 1. The van der Waals surface area contributed by atoms with Crippen LogP contribution in [0.4, 0.5) is 11.4 Å². The fraction of sp³-hybridized carbons (Fsp3) is 0.0500. The molecule has 0 saturated carbocycles. The van der Waals surface area contributed by atoms with E-state index in [-0.39, 0.29) is 11.5 Å². The average Bonchev–Trinajstić information content (AvgIpc) is 2.55. The van der Waals surface area contributed by atoms with Crippen molar-refractivity contribution in [3.8, 4) is 5.75 Å². The lowest BCUT2D eigenvalue weighted by Crippen LogP contribution is -2.07. The molecule has 3 rings (SSSR count). The average molecular weight is 302 g/mol. The molecule has 0 aliphatic heterocycles. The van der Waals surface area contributed by atoms with E-state index in [9.17, 15) is 9.90 Å². The van der Waals surface area contributed by atoms with Crippen LogP contribution < -0.4 is 5.32 Å². The van der Waals surface area contributed by atoms with Gasteiger partial charge in [0.1, 0.15) is 5.75 Å². The van der Waals surface area contributed by atoms with Gasteiger partial charge in [-0.1, -0.05) is 42.5 Å². The molecule has 0 atom stereocenters. The van der Waals surface area contributed by atoms with Crippen LogP contribution in [0.1, 0.15) is 21.5 Å². The van der Waals surface area contributed by atoms with Gasteiger partial charge in [0.2, 0.25) is 0 Å². The predicted molar refractivity (Wildman–Crippen MR) is 91.3 cm³/mol. The van der Waals surface area contributed by atoms with Crippen molar-refractivity contribution < 1.29 is 9.90 Å². The maximum Gasteiger partial charge on any atom is 0.195 e. The minimum absolute atomic E-state index is 0.0358. The van der Waals surface area contributed by atoms with Crippen LogP contribution >= 0.6 is 0 Å². The molecule has 0 unspecified atom stereocenters. The highest BCUT2D eigenvalue weighted by Gasteiger charge is 2.15. The third-order valence-electron chi connectivity index (χ3n) is 3.61. The van der Waals surface area contributed by atoms with E-state index in [0.717, 1.165) is 5.56 Å². The van der Waals surface area contributed by atoms with Crippen LogP contribution in [-0.2, 0) is 0 Å². The van der Waals surface area contributed by atoms with Gasteiger partial charge in [0.15, 0.2) is 5.78 Å². The summed E-state index contributed by atoms with van der Waals surface area (Å²) in [6.07, 6.45) is 0. The quantitative estimate of drug-likeness (QED) is 0.699. The largest absolute Gasteiger partial charge is 0.507 e. The molecule has 23 heavy (non-hydrogen) atoms. The first-order valence-corrected chi connectivity index (χ1v) is 7.33. The van der Waals surface area contributed by atoms with Gasteiger partial charge >= 0.3 is 0 Å². The number of para-hydroxylation sites is 1. The fourth-order valence-corrected chi connectivity index (χ4v) is 2.44. The molecule has 0 heterocycles. The summed E-state index contributed by atoms with van der Waals surface area (Å²) < 4.78 is 0. The van der Waals surface area contributed by atoms with Crippen LogP contribution in [0.2, 0.25) is 0 Å². The summed E-state index contributed by atoms with van der Waals surface area (Å²) in [7, 11) is 0. The molecule has 3 aromatic rings. The number of phenolic OH excluding ortho intramolecular Hbond substituents is 1. The van der Waals surface area contributed by atoms with Gasteiger partial charge in [-0.05, 0) is 36.8 Å². The molecule has 0 amide bonds. The molecule has 0 aromatic heterocycles. The van der Waals surface area contributed by atoms with E-state index in [1.54, 1.807) is 24.3 Å². The summed E-state index contributed by atoms with van der Waals surface area (Å²) in [5.41, 5.74) is 3.49. The summed E-state index contributed by atoms with van der Waals surface area (Å²) in [6, 6.07) is 22.7. The van der Waals surface area contributed by atoms with Crippen LogP contribution in [0.25, 0.3) is 0 Å². The summed E-state index contributed by atoms with van der Waals surface area (Å²) in [4.78, 5) is 12.8. The van der Waals surface area contributed by atoms with E-state index in [4.69, 9.17) is 0 Å². The number of aryl methyl sites for hydroxylation is 1. The maximum atomic E-state index is 12.8. The van der Waals surface area contributed by atoms with Crippen LogP contribution in [0.15, 0.2) is 66.7 Å². The normalized spacial score (nSPS) is 10.3. The SMILES string of the molecule is Cc1ccccc1C(=O)c1ccccc1Nc1[c]c(O)ccc1. The summed E-state index contributed by atoms with van der Waals surface area (Å²) in [6.45, 7) is 1.92. The summed E-state index contributed by atoms with van der Waals surface area (Å²) >= 11 is 0. The second kappa shape index (κ2) is 6.36. The van der Waals surface area contributed by atoms with Crippen molar-refractivity contribution in [3.05, 3.63) is 89.5 Å². The van der Waals surface area contributed by atoms with Crippen LogP contribution in [0.3, 0.4) is 0 Å². The third-order valence-corrected chi connectivity index (χ3v) is 3.61. The molecule has 0 fully saturated rings. The number of carbonyl (C=O) groups excluding carboxylic acids is 1. The Morgan fingerprint density at radius 1 is 0.913 bits per heavy atom. The molecule has 113 valence electrons. The van der Waals surface area contributed by atoms with Crippen molar-refractivity contribution in [1.82, 2.24) is 0 Å². The molecule has 2 N–H and O–H groups in total. The molecule has 0 aliphatic carbocycles. The molecule has 0 bridgehead atoms. The van der Waals surface area contributed by atoms with E-state index in [2.05, 4.69) is 11.4 Å². The first kappa shape index (κ1) is 14.9. The Morgan fingerprint density at radius 2 is 1.61 bits per heavy atom. The lowest BCUT2D eigenvalue weighted by molar-refractivity contribution is 0.103. The van der Waals surface area contributed by atoms with Crippen molar-refractivity contribution in [3.63, 3.8) is 0 Å². The minimum atomic E-state index is -0.0358. The number of aromatic hydroxyl groups is 1. The van der Waals surface area contributed by atoms with E-state index in [1.165, 1.54) is 0 Å². The van der Waals surface area contributed by atoms with E-state index >= 15 is 0 Å². The number of ketones is 1. The number of anilines is 2. The zero-order valence-electron chi connectivity index (χ0n) is 12.7. The zero-order valence-corrected chi connectivity index (χ0v) is 12.7. The minimum Gasteiger partial charge on any atom is -0.507 e. The fourth-order valence-electron chi connectivity index (χ4n) is 2.44. The first-order chi connectivity index (χ1) is 11.1. The Hall–Kier alpha value is -3.07. The van der Waals surface area contributed by atoms with Crippen LogP contribution in [-0.4, -0.2) is 10.9 Å². The van der Waals surface area contributed by atoms with Gasteiger partial charge < -0.3 is 10.4 Å². The Morgan fingerprint density at radius 3 is 2.35 bits per heavy atom. The first-order valence-electron chi connectivity index (χ1n) is 7.33. The van der Waals surface area contributed by atoms with Crippen LogP contribution in [0.5, 0.6) is 5.75 Å². The highest BCUT2D eigenvalue weighted by atomic mass is 16.3. The topological polar surface area (TPSA) is 49.3 Å². The smallest absolute Gasteiger partial charge is 0.195 e. The van der Waals surface area contributed by atoms with Crippen LogP contribution in [0, 0.1) is 13.0 Å². The van der Waals surface area contributed by atoms with Gasteiger partial charge in [-0.25, -0.2) is 0 Å². The van der Waals surface area contributed by atoms with Crippen molar-refractivity contribution in [2.24, 2.45) is 0 Å². The Labute approximate surface area is 135 Å². The molecule has 3 aromatic carbocycles. The molecule has 1 radical (unpaired) electrons. The standard InChI is InChI=1S/C20H16NO2/c1-14-7-2-3-10-17(14)20(23)18-11-4-5-12-19(18)21-15-8-6-9-16(22)13-15/h2-12,21-22H,1H3. The number of phenols is 1. The molecule has 3 heteroatoms. The van der Waals surface area contributed by atoms with Crippen molar-refractivity contribution >= 4 is 17.2 Å². The molecule has 3 nitrogen and oxygen atoms in total. The van der Waals surface area contributed by atoms with Gasteiger partial charge in [0.25, 0.3) is 0 Å². The van der Waals surface area contributed by atoms with Gasteiger partial charge in [-0.3, -0.25) is 4.79 Å². The predicted octanol–water partition coefficient (Wildman–Crippen LogP) is 4.48. The Balaban J connectivity index is 1.98. The lowest BCUT2D eigenvalue weighted by Gasteiger charge is -2.12. The number of rotatable bonds is 4. The second-order valence-corrected chi connectivity index (χ2v) is 5.26. The highest BCUT2D eigenvalue weighted by molar-refractivity contribution is 6.13. The molecule has 0 spiro atoms. The lowest BCUT2D eigenvalue weighted by atomic mass is 9.98. The molecular weight excluding hydrogens is 286 g/mol. The molecule has 0 aliphatic rings. The number of hydrogen-bond donors (Lipinski definition) is 2. The summed E-state index contributed by atoms with van der Waals surface area (Å²) in [5.74, 6) is 0.0177. The molecular formula is C20H16NO2. The van der Waals surface area contributed by atoms with Gasteiger partial charge in [-0.2, -0.15) is 0 Å². The van der Waals surface area contributed by atoms with Crippen molar-refractivity contribution in [1.29, 1.82) is 0 Å². The van der Waals surface area contributed by atoms with Crippen molar-refractivity contribution in [2.45, 2.75) is 6.92 Å². The number of carbonyl (C=O) groups is 1. The third kappa shape index (κ3) is 3.24. The zero-order chi connectivity index (χ0) is 16.2. The van der Waals surface area contributed by atoms with Gasteiger partial charge in [-0.15, -0.1) is 0 Å².